The zero-order valence-electron chi connectivity index (χ0n) is 5.01. The van der Waals surface area contributed by atoms with Crippen LogP contribution in [0.15, 0.2) is 6.08 Å². The monoisotopic (exact) mass is 113 g/mol. The topological polar surface area (TPSA) is 37.3 Å². The molecule has 0 bridgehead atoms. The molecule has 0 spiro atoms. The van der Waals surface area contributed by atoms with Gasteiger partial charge in [0.05, 0.1) is 0 Å². The summed E-state index contributed by atoms with van der Waals surface area (Å²) in [5, 5.41) is 8.04. The predicted molar refractivity (Wildman–Crippen MR) is 30.3 cm³/mol. The zero-order valence-corrected chi connectivity index (χ0v) is 5.01. The van der Waals surface area contributed by atoms with E-state index in [4.69, 9.17) is 5.11 Å². The fourth-order valence-corrected chi connectivity index (χ4v) is 0.238. The van der Waals surface area contributed by atoms with E-state index in [0.29, 0.717) is 0 Å². The van der Waals surface area contributed by atoms with Crippen molar-refractivity contribution < 1.29 is 9.90 Å². The molecule has 45 valence electrons. The van der Waals surface area contributed by atoms with Gasteiger partial charge in [0, 0.05) is 6.08 Å². The van der Waals surface area contributed by atoms with Crippen LogP contribution in [0.5, 0.6) is 0 Å². The van der Waals surface area contributed by atoms with E-state index in [1.165, 1.54) is 0 Å². The van der Waals surface area contributed by atoms with Crippen LogP contribution >= 0.6 is 0 Å². The molecular weight excluding hydrogens is 104 g/mol. The van der Waals surface area contributed by atoms with Crippen molar-refractivity contribution in [1.82, 2.24) is 0 Å². The van der Waals surface area contributed by atoms with Crippen molar-refractivity contribution in [2.45, 2.75) is 13.8 Å². The first-order valence-corrected chi connectivity index (χ1v) is 2.45. The molecular formula is C6H9O2. The van der Waals surface area contributed by atoms with Crippen LogP contribution in [0.2, 0.25) is 0 Å². The summed E-state index contributed by atoms with van der Waals surface area (Å²) in [4.78, 5) is 9.79. The Labute approximate surface area is 48.8 Å². The van der Waals surface area contributed by atoms with Crippen LogP contribution in [0.1, 0.15) is 13.8 Å². The molecule has 0 saturated carbocycles. The van der Waals surface area contributed by atoms with Gasteiger partial charge in [-0.15, -0.1) is 0 Å². The largest absolute Gasteiger partial charge is 0.478 e. The minimum absolute atomic E-state index is 0.200. The summed E-state index contributed by atoms with van der Waals surface area (Å²) in [6, 6.07) is 0. The first kappa shape index (κ1) is 7.21. The molecule has 0 aliphatic heterocycles. The Morgan fingerprint density at radius 2 is 2.25 bits per heavy atom. The van der Waals surface area contributed by atoms with Gasteiger partial charge in [-0.1, -0.05) is 13.8 Å². The first-order chi connectivity index (χ1) is 3.63. The molecule has 0 saturated heterocycles. The van der Waals surface area contributed by atoms with E-state index in [1.54, 1.807) is 0 Å². The number of carboxylic acid groups (broad SMARTS) is 1. The third-order valence-corrected chi connectivity index (χ3v) is 0.540. The maximum atomic E-state index is 9.79. The Hall–Kier alpha value is -0.790. The fraction of sp³-hybridized carbons (Fsp3) is 0.500. The highest BCUT2D eigenvalue weighted by molar-refractivity contribution is 5.79. The second kappa shape index (κ2) is 3.24. The van der Waals surface area contributed by atoms with E-state index in [-0.39, 0.29) is 5.92 Å². The van der Waals surface area contributed by atoms with Gasteiger partial charge in [-0.3, -0.25) is 0 Å². The van der Waals surface area contributed by atoms with Crippen molar-refractivity contribution in [3.8, 4) is 0 Å². The van der Waals surface area contributed by atoms with Crippen molar-refractivity contribution in [3.05, 3.63) is 12.2 Å². The SMILES string of the molecule is CC(C)[C]=CC(=O)O. The van der Waals surface area contributed by atoms with E-state index in [9.17, 15) is 4.79 Å². The third kappa shape index (κ3) is 5.21. The Kier molecular flexibility index (Phi) is 2.92. The van der Waals surface area contributed by atoms with E-state index < -0.39 is 5.97 Å². The molecule has 0 fully saturated rings. The van der Waals surface area contributed by atoms with Crippen molar-refractivity contribution in [2.24, 2.45) is 5.92 Å². The zero-order chi connectivity index (χ0) is 6.57. The molecule has 0 aromatic rings. The highest BCUT2D eigenvalue weighted by atomic mass is 16.4. The number of aliphatic carboxylic acids is 1. The van der Waals surface area contributed by atoms with E-state index >= 15 is 0 Å². The lowest BCUT2D eigenvalue weighted by Gasteiger charge is -1.87. The molecule has 2 heteroatoms. The maximum Gasteiger partial charge on any atom is 0.328 e. The molecule has 0 heterocycles. The summed E-state index contributed by atoms with van der Waals surface area (Å²) in [7, 11) is 0. The van der Waals surface area contributed by atoms with Gasteiger partial charge < -0.3 is 5.11 Å². The molecule has 0 aromatic heterocycles. The van der Waals surface area contributed by atoms with Crippen molar-refractivity contribution >= 4 is 5.97 Å². The molecule has 2 nitrogen and oxygen atoms in total. The van der Waals surface area contributed by atoms with E-state index in [2.05, 4.69) is 6.08 Å². The average molecular weight is 113 g/mol. The standard InChI is InChI=1S/C6H9O2/c1-5(2)3-4-6(7)8/h4-5H,1-2H3,(H,7,8). The second-order valence-electron chi connectivity index (χ2n) is 1.80. The lowest BCUT2D eigenvalue weighted by atomic mass is 10.2. The van der Waals surface area contributed by atoms with Gasteiger partial charge in [-0.05, 0) is 12.0 Å². The smallest absolute Gasteiger partial charge is 0.328 e. The number of carboxylic acids is 1. The van der Waals surface area contributed by atoms with E-state index in [0.717, 1.165) is 6.08 Å². The molecule has 0 unspecified atom stereocenters. The van der Waals surface area contributed by atoms with Crippen molar-refractivity contribution in [3.63, 3.8) is 0 Å². The van der Waals surface area contributed by atoms with Crippen LogP contribution in [0.25, 0.3) is 0 Å². The number of carbonyl (C=O) groups is 1. The third-order valence-electron chi connectivity index (χ3n) is 0.540. The number of allylic oxidation sites excluding steroid dienone is 1. The summed E-state index contributed by atoms with van der Waals surface area (Å²) in [5.41, 5.74) is 0. The molecule has 0 aromatic carbocycles. The van der Waals surface area contributed by atoms with E-state index in [1.807, 2.05) is 13.8 Å². The summed E-state index contributed by atoms with van der Waals surface area (Å²) >= 11 is 0. The Morgan fingerprint density at radius 1 is 1.75 bits per heavy atom. The normalized spacial score (nSPS) is 10.9. The van der Waals surface area contributed by atoms with Gasteiger partial charge in [0.1, 0.15) is 0 Å². The highest BCUT2D eigenvalue weighted by Crippen LogP contribution is 1.90. The van der Waals surface area contributed by atoms with Crippen molar-refractivity contribution in [2.75, 3.05) is 0 Å². The van der Waals surface area contributed by atoms with Crippen LogP contribution in [0, 0.1) is 12.0 Å². The lowest BCUT2D eigenvalue weighted by molar-refractivity contribution is -0.131. The van der Waals surface area contributed by atoms with Crippen LogP contribution in [-0.4, -0.2) is 11.1 Å². The Bertz CT molecular complexity index is 103. The van der Waals surface area contributed by atoms with Crippen LogP contribution in [-0.2, 0) is 4.79 Å². The van der Waals surface area contributed by atoms with Gasteiger partial charge in [-0.25, -0.2) is 4.79 Å². The Balaban J connectivity index is 3.50. The molecule has 1 radical (unpaired) electrons. The maximum absolute atomic E-state index is 9.79. The Morgan fingerprint density at radius 3 is 2.38 bits per heavy atom. The molecule has 0 aliphatic rings. The van der Waals surface area contributed by atoms with Crippen molar-refractivity contribution in [1.29, 1.82) is 0 Å². The van der Waals surface area contributed by atoms with Gasteiger partial charge in [-0.2, -0.15) is 0 Å². The number of rotatable bonds is 2. The highest BCUT2D eigenvalue weighted by Gasteiger charge is 1.87. The molecule has 8 heavy (non-hydrogen) atoms. The minimum atomic E-state index is -0.932. The molecule has 0 rings (SSSR count). The molecule has 0 aliphatic carbocycles. The first-order valence-electron chi connectivity index (χ1n) is 2.45. The number of hydrogen-bond donors (Lipinski definition) is 1. The summed E-state index contributed by atoms with van der Waals surface area (Å²) < 4.78 is 0. The summed E-state index contributed by atoms with van der Waals surface area (Å²) in [5.74, 6) is -0.732. The van der Waals surface area contributed by atoms with Gasteiger partial charge in [0.2, 0.25) is 0 Å². The fourth-order valence-electron chi connectivity index (χ4n) is 0.238. The van der Waals surface area contributed by atoms with Crippen LogP contribution < -0.4 is 0 Å². The van der Waals surface area contributed by atoms with Crippen LogP contribution in [0.4, 0.5) is 0 Å². The van der Waals surface area contributed by atoms with Crippen LogP contribution in [0.3, 0.4) is 0 Å². The molecule has 0 amide bonds. The minimum Gasteiger partial charge on any atom is -0.478 e. The summed E-state index contributed by atoms with van der Waals surface area (Å²) in [6.07, 6.45) is 3.65. The number of hydrogen-bond acceptors (Lipinski definition) is 1. The second-order valence-corrected chi connectivity index (χ2v) is 1.80. The van der Waals surface area contributed by atoms with Gasteiger partial charge >= 0.3 is 5.97 Å². The predicted octanol–water partition coefficient (Wildman–Crippen LogP) is 1.09. The quantitative estimate of drug-likeness (QED) is 0.544. The molecule has 0 atom stereocenters. The average Bonchev–Trinajstić information content (AvgIpc) is 1.61. The van der Waals surface area contributed by atoms with Gasteiger partial charge in [0.15, 0.2) is 0 Å². The summed E-state index contributed by atoms with van der Waals surface area (Å²) in [6.45, 7) is 3.75. The lowest BCUT2D eigenvalue weighted by Crippen LogP contribution is -1.88. The van der Waals surface area contributed by atoms with Gasteiger partial charge in [0.25, 0.3) is 0 Å². The molecule has 1 N–H and O–H groups in total.